The van der Waals surface area contributed by atoms with Crippen LogP contribution in [0.15, 0.2) is 30.5 Å². The molecule has 2 N–H and O–H groups in total. The highest BCUT2D eigenvalue weighted by Gasteiger charge is 2.31. The van der Waals surface area contributed by atoms with Gasteiger partial charge in [0.1, 0.15) is 0 Å². The molecule has 2 aromatic heterocycles. The fourth-order valence-corrected chi connectivity index (χ4v) is 5.92. The zero-order chi connectivity index (χ0) is 22.1. The number of anilines is 1. The Bertz CT molecular complexity index is 1120. The van der Waals surface area contributed by atoms with Gasteiger partial charge in [0, 0.05) is 28.9 Å². The summed E-state index contributed by atoms with van der Waals surface area (Å²) in [7, 11) is 0. The number of benzene rings is 1. The van der Waals surface area contributed by atoms with Gasteiger partial charge in [0.05, 0.1) is 16.1 Å². The van der Waals surface area contributed by atoms with Gasteiger partial charge >= 0.3 is 5.97 Å². The van der Waals surface area contributed by atoms with E-state index in [0.29, 0.717) is 11.5 Å². The van der Waals surface area contributed by atoms with E-state index in [4.69, 9.17) is 4.98 Å². The fraction of sp³-hybridized carbons (Fsp3) is 0.480. The summed E-state index contributed by atoms with van der Waals surface area (Å²) in [6, 6.07) is 8.25. The molecule has 3 heterocycles. The van der Waals surface area contributed by atoms with Crippen LogP contribution in [0.3, 0.4) is 0 Å². The number of thiophene rings is 1. The second-order valence-electron chi connectivity index (χ2n) is 9.14. The number of fused-ring (bicyclic) bond motifs is 1. The summed E-state index contributed by atoms with van der Waals surface area (Å²) >= 11 is 1.57. The average Bonchev–Trinajstić information content (AvgIpc) is 3.56. The molecule has 0 atom stereocenters. The van der Waals surface area contributed by atoms with Crippen LogP contribution >= 0.6 is 11.3 Å². The van der Waals surface area contributed by atoms with Gasteiger partial charge in [-0.1, -0.05) is 6.07 Å². The Balaban J connectivity index is 1.20. The van der Waals surface area contributed by atoms with Crippen LogP contribution in [0, 0.1) is 12.8 Å². The summed E-state index contributed by atoms with van der Waals surface area (Å²) < 4.78 is 0.958. The van der Waals surface area contributed by atoms with Crippen LogP contribution in [0.25, 0.3) is 20.7 Å². The average molecular weight is 451 g/mol. The Morgan fingerprint density at radius 1 is 1.25 bits per heavy atom. The lowest BCUT2D eigenvalue weighted by Crippen LogP contribution is -2.35. The summed E-state index contributed by atoms with van der Waals surface area (Å²) in [5, 5.41) is 13.6. The second kappa shape index (κ2) is 9.16. The van der Waals surface area contributed by atoms with Gasteiger partial charge in [0.2, 0.25) is 5.95 Å². The molecular formula is C25H30N4O2S. The largest absolute Gasteiger partial charge is 0.478 e. The summed E-state index contributed by atoms with van der Waals surface area (Å²) in [5.41, 5.74) is 2.19. The fourth-order valence-electron chi connectivity index (χ4n) is 4.78. The molecule has 1 aliphatic heterocycles. The molecule has 2 fully saturated rings. The maximum atomic E-state index is 11.6. The van der Waals surface area contributed by atoms with Gasteiger partial charge < -0.3 is 15.3 Å². The molecule has 168 valence electrons. The lowest BCUT2D eigenvalue weighted by molar-refractivity contribution is 0.0699. The Kier molecular flexibility index (Phi) is 6.11. The summed E-state index contributed by atoms with van der Waals surface area (Å²) in [4.78, 5) is 24.4. The van der Waals surface area contributed by atoms with E-state index in [0.717, 1.165) is 51.1 Å². The number of carboxylic acids is 1. The highest BCUT2D eigenvalue weighted by Crippen LogP contribution is 2.36. The topological polar surface area (TPSA) is 78.4 Å². The van der Waals surface area contributed by atoms with Gasteiger partial charge in [-0.3, -0.25) is 0 Å². The molecule has 6 nitrogen and oxygen atoms in total. The quantitative estimate of drug-likeness (QED) is 0.446. The normalized spacial score (nSPS) is 17.7. The van der Waals surface area contributed by atoms with Crippen molar-refractivity contribution in [3.05, 3.63) is 41.6 Å². The number of aromatic carboxylic acids is 1. The van der Waals surface area contributed by atoms with Crippen molar-refractivity contribution in [2.45, 2.75) is 51.5 Å². The predicted molar refractivity (Wildman–Crippen MR) is 130 cm³/mol. The number of nitrogens with zero attached hydrogens (tertiary/aromatic N) is 3. The number of hydrogen-bond acceptors (Lipinski definition) is 6. The van der Waals surface area contributed by atoms with Gasteiger partial charge in [-0.15, -0.1) is 11.3 Å². The standard InChI is InChI=1S/C25H30N4O2S/c1-16-15-27-25(26-11-3-4-17-9-12-29(13-10-17)18-7-8-18)28-23(16)22-14-20-19(24(30)31)5-2-6-21(20)32-22/h2,5-6,14-15,17-18H,3-4,7-13H2,1H3,(H,30,31)(H,26,27,28). The molecule has 0 spiro atoms. The van der Waals surface area contributed by atoms with Crippen molar-refractivity contribution in [2.24, 2.45) is 5.92 Å². The zero-order valence-corrected chi connectivity index (χ0v) is 19.3. The third-order valence-corrected chi connectivity index (χ3v) is 7.89. The Labute approximate surface area is 192 Å². The van der Waals surface area contributed by atoms with Gasteiger partial charge in [0.15, 0.2) is 0 Å². The molecule has 7 heteroatoms. The number of likely N-dealkylation sites (tertiary alicyclic amines) is 1. The maximum absolute atomic E-state index is 11.6. The molecule has 0 unspecified atom stereocenters. The molecule has 1 saturated heterocycles. The van der Waals surface area contributed by atoms with Gasteiger partial charge in [-0.25, -0.2) is 14.8 Å². The van der Waals surface area contributed by atoms with E-state index in [9.17, 15) is 9.90 Å². The van der Waals surface area contributed by atoms with Gasteiger partial charge in [0.25, 0.3) is 0 Å². The number of carbonyl (C=O) groups is 1. The number of rotatable bonds is 8. The first-order valence-electron chi connectivity index (χ1n) is 11.7. The Morgan fingerprint density at radius 2 is 2.06 bits per heavy atom. The minimum Gasteiger partial charge on any atom is -0.478 e. The molecule has 0 radical (unpaired) electrons. The van der Waals surface area contributed by atoms with E-state index in [-0.39, 0.29) is 0 Å². The van der Waals surface area contributed by atoms with E-state index in [2.05, 4.69) is 15.2 Å². The van der Waals surface area contributed by atoms with Gasteiger partial charge in [-0.2, -0.15) is 0 Å². The molecule has 1 aliphatic carbocycles. The highest BCUT2D eigenvalue weighted by atomic mass is 32.1. The van der Waals surface area contributed by atoms with Crippen LogP contribution in [0.5, 0.6) is 0 Å². The monoisotopic (exact) mass is 450 g/mol. The van der Waals surface area contributed by atoms with Crippen molar-refractivity contribution < 1.29 is 9.90 Å². The number of aromatic nitrogens is 2. The minimum atomic E-state index is -0.903. The number of hydrogen-bond donors (Lipinski definition) is 2. The highest BCUT2D eigenvalue weighted by molar-refractivity contribution is 7.22. The summed E-state index contributed by atoms with van der Waals surface area (Å²) in [6.07, 6.45) is 9.74. The van der Waals surface area contributed by atoms with Crippen LogP contribution in [0.4, 0.5) is 5.95 Å². The van der Waals surface area contributed by atoms with E-state index in [1.54, 1.807) is 23.5 Å². The van der Waals surface area contributed by atoms with E-state index >= 15 is 0 Å². The first-order valence-corrected chi connectivity index (χ1v) is 12.5. The molecule has 0 bridgehead atoms. The summed E-state index contributed by atoms with van der Waals surface area (Å²) in [6.45, 7) is 5.44. The minimum absolute atomic E-state index is 0.332. The van der Waals surface area contributed by atoms with Gasteiger partial charge in [-0.05, 0) is 88.2 Å². The number of aryl methyl sites for hydroxylation is 1. The zero-order valence-electron chi connectivity index (χ0n) is 18.5. The van der Waals surface area contributed by atoms with Crippen molar-refractivity contribution in [3.8, 4) is 10.6 Å². The Morgan fingerprint density at radius 3 is 2.81 bits per heavy atom. The van der Waals surface area contributed by atoms with E-state index < -0.39 is 5.97 Å². The van der Waals surface area contributed by atoms with E-state index in [1.165, 1.54) is 45.2 Å². The van der Waals surface area contributed by atoms with Crippen molar-refractivity contribution in [1.29, 1.82) is 0 Å². The maximum Gasteiger partial charge on any atom is 0.336 e. The second-order valence-corrected chi connectivity index (χ2v) is 10.2. The number of carboxylic acid groups (broad SMARTS) is 1. The van der Waals surface area contributed by atoms with Crippen LogP contribution < -0.4 is 5.32 Å². The third kappa shape index (κ3) is 4.64. The third-order valence-electron chi connectivity index (χ3n) is 6.78. The first-order chi connectivity index (χ1) is 15.6. The smallest absolute Gasteiger partial charge is 0.336 e. The van der Waals surface area contributed by atoms with Crippen molar-refractivity contribution in [3.63, 3.8) is 0 Å². The molecule has 1 saturated carbocycles. The van der Waals surface area contributed by atoms with Crippen LogP contribution in [0.2, 0.25) is 0 Å². The number of nitrogens with one attached hydrogen (secondary N) is 1. The first kappa shape index (κ1) is 21.3. The van der Waals surface area contributed by atoms with Crippen molar-refractivity contribution in [1.82, 2.24) is 14.9 Å². The summed E-state index contributed by atoms with van der Waals surface area (Å²) in [5.74, 6) is 0.591. The van der Waals surface area contributed by atoms with Crippen LogP contribution in [-0.4, -0.2) is 51.6 Å². The lowest BCUT2D eigenvalue weighted by atomic mass is 9.92. The molecule has 2 aliphatic rings. The predicted octanol–water partition coefficient (Wildman–Crippen LogP) is 5.43. The Hall–Kier alpha value is -2.51. The van der Waals surface area contributed by atoms with E-state index in [1.807, 2.05) is 25.3 Å². The van der Waals surface area contributed by atoms with Crippen LogP contribution in [0.1, 0.15) is 54.4 Å². The molecule has 5 rings (SSSR count). The van der Waals surface area contributed by atoms with Crippen molar-refractivity contribution >= 4 is 33.3 Å². The SMILES string of the molecule is Cc1cnc(NCCCC2CCN(C3CC3)CC2)nc1-c1cc2c(C(=O)O)cccc2s1. The molecular weight excluding hydrogens is 420 g/mol. The lowest BCUT2D eigenvalue weighted by Gasteiger charge is -2.32. The van der Waals surface area contributed by atoms with Crippen LogP contribution in [-0.2, 0) is 0 Å². The molecule has 3 aromatic rings. The molecule has 0 amide bonds. The number of piperidine rings is 1. The van der Waals surface area contributed by atoms with Crippen molar-refractivity contribution in [2.75, 3.05) is 25.0 Å². The molecule has 1 aromatic carbocycles. The molecule has 32 heavy (non-hydrogen) atoms.